The Morgan fingerprint density at radius 3 is 1.94 bits per heavy atom. The minimum absolute atomic E-state index is 0.167. The lowest BCUT2D eigenvalue weighted by molar-refractivity contribution is -0.156. The minimum atomic E-state index is -0.809. The molecular formula is C24H45N3O9. The molecule has 0 spiro atoms. The monoisotopic (exact) mass is 519 g/mol. The second-order valence-electron chi connectivity index (χ2n) is 9.96. The number of nitrogens with one attached hydrogen (secondary N) is 3. The molecule has 0 aliphatic rings. The number of alkyl carbamates (subject to hydrolysis) is 1. The fraction of sp³-hybridized carbons (Fsp3) is 0.833. The van der Waals surface area contributed by atoms with Gasteiger partial charge in [0.05, 0.1) is 40.0 Å². The van der Waals surface area contributed by atoms with Gasteiger partial charge in [0.1, 0.15) is 17.2 Å². The number of unbranched alkanes of at least 4 members (excludes halogenated alkanes) is 1. The summed E-state index contributed by atoms with van der Waals surface area (Å²) in [4.78, 5) is 47.2. The third kappa shape index (κ3) is 20.7. The molecule has 0 saturated carbocycles. The van der Waals surface area contributed by atoms with Gasteiger partial charge in [0, 0.05) is 13.1 Å². The van der Waals surface area contributed by atoms with E-state index in [0.717, 1.165) is 0 Å². The van der Waals surface area contributed by atoms with Gasteiger partial charge in [0.2, 0.25) is 0 Å². The summed E-state index contributed by atoms with van der Waals surface area (Å²) >= 11 is 0. The number of carbonyl (C=O) groups excluding carboxylic acids is 4. The van der Waals surface area contributed by atoms with Gasteiger partial charge in [-0.05, 0) is 60.8 Å². The molecule has 0 fully saturated rings. The molecule has 0 bridgehead atoms. The number of hydrogen-bond donors (Lipinski definition) is 3. The van der Waals surface area contributed by atoms with Gasteiger partial charge in [-0.25, -0.2) is 14.4 Å². The molecule has 0 aromatic carbocycles. The van der Waals surface area contributed by atoms with Gasteiger partial charge in [-0.2, -0.15) is 0 Å². The number of methoxy groups -OCH3 is 1. The van der Waals surface area contributed by atoms with Crippen LogP contribution in [0.2, 0.25) is 0 Å². The van der Waals surface area contributed by atoms with Crippen LogP contribution < -0.4 is 16.0 Å². The molecule has 0 aromatic heterocycles. The fourth-order valence-corrected chi connectivity index (χ4v) is 2.69. The van der Waals surface area contributed by atoms with Crippen LogP contribution in [0.3, 0.4) is 0 Å². The molecule has 0 aromatic rings. The molecule has 12 nitrogen and oxygen atoms in total. The first-order chi connectivity index (χ1) is 16.7. The van der Waals surface area contributed by atoms with Crippen LogP contribution in [-0.4, -0.2) is 87.9 Å². The third-order valence-electron chi connectivity index (χ3n) is 4.15. The molecule has 3 amide bonds. The second-order valence-corrected chi connectivity index (χ2v) is 9.96. The number of urea groups is 1. The molecule has 0 aliphatic heterocycles. The van der Waals surface area contributed by atoms with Crippen molar-refractivity contribution in [3.05, 3.63) is 0 Å². The lowest BCUT2D eigenvalue weighted by Gasteiger charge is -2.20. The second kappa shape index (κ2) is 17.8. The average Bonchev–Trinajstić information content (AvgIpc) is 2.73. The van der Waals surface area contributed by atoms with E-state index in [1.54, 1.807) is 41.5 Å². The van der Waals surface area contributed by atoms with Crippen molar-refractivity contribution < 1.29 is 42.9 Å². The summed E-state index contributed by atoms with van der Waals surface area (Å²) in [6.45, 7) is 12.5. The molecule has 0 saturated heterocycles. The van der Waals surface area contributed by atoms with Gasteiger partial charge in [-0.1, -0.05) is 0 Å². The summed E-state index contributed by atoms with van der Waals surface area (Å²) in [7, 11) is 1.25. The molecule has 0 unspecified atom stereocenters. The molecule has 0 heterocycles. The highest BCUT2D eigenvalue weighted by Gasteiger charge is 2.21. The van der Waals surface area contributed by atoms with Crippen molar-refractivity contribution in [3.8, 4) is 0 Å². The fourth-order valence-electron chi connectivity index (χ4n) is 2.69. The first-order valence-corrected chi connectivity index (χ1v) is 12.2. The van der Waals surface area contributed by atoms with Crippen molar-refractivity contribution >= 4 is 24.1 Å². The number of hydrogen-bond acceptors (Lipinski definition) is 9. The van der Waals surface area contributed by atoms with E-state index in [-0.39, 0.29) is 32.1 Å². The Hall–Kier alpha value is -2.60. The van der Waals surface area contributed by atoms with E-state index in [1.807, 2.05) is 0 Å². The van der Waals surface area contributed by atoms with E-state index < -0.39 is 35.3 Å². The van der Waals surface area contributed by atoms with Crippen molar-refractivity contribution in [1.82, 2.24) is 16.0 Å². The zero-order valence-electron chi connectivity index (χ0n) is 22.8. The van der Waals surface area contributed by atoms with Crippen molar-refractivity contribution in [2.75, 3.05) is 46.6 Å². The van der Waals surface area contributed by atoms with Crippen LogP contribution in [0, 0.1) is 0 Å². The van der Waals surface area contributed by atoms with E-state index >= 15 is 0 Å². The normalized spacial score (nSPS) is 12.3. The summed E-state index contributed by atoms with van der Waals surface area (Å²) in [6.07, 6.45) is 1.20. The first kappa shape index (κ1) is 33.4. The Balaban J connectivity index is 3.95. The van der Waals surface area contributed by atoms with E-state index in [9.17, 15) is 19.2 Å². The van der Waals surface area contributed by atoms with Crippen LogP contribution in [0.15, 0.2) is 0 Å². The molecule has 0 rings (SSSR count). The summed E-state index contributed by atoms with van der Waals surface area (Å²) in [5, 5.41) is 7.84. The highest BCUT2D eigenvalue weighted by molar-refractivity contribution is 5.83. The molecule has 3 N–H and O–H groups in total. The molecule has 210 valence electrons. The number of rotatable bonds is 16. The predicted octanol–water partition coefficient (Wildman–Crippen LogP) is 2.29. The third-order valence-corrected chi connectivity index (χ3v) is 4.15. The Labute approximate surface area is 214 Å². The number of carbonyl (C=O) groups is 4. The lowest BCUT2D eigenvalue weighted by atomic mass is 10.1. The zero-order chi connectivity index (χ0) is 27.6. The quantitative estimate of drug-likeness (QED) is 0.158. The summed E-state index contributed by atoms with van der Waals surface area (Å²) in [5.41, 5.74) is -1.09. The van der Waals surface area contributed by atoms with Crippen LogP contribution in [0.25, 0.3) is 0 Å². The van der Waals surface area contributed by atoms with Gasteiger partial charge in [0.25, 0.3) is 0 Å². The summed E-state index contributed by atoms with van der Waals surface area (Å²) in [5.74, 6) is -0.869. The zero-order valence-corrected chi connectivity index (χ0v) is 22.8. The molecule has 36 heavy (non-hydrogen) atoms. The maximum atomic E-state index is 12.1. The van der Waals surface area contributed by atoms with E-state index in [0.29, 0.717) is 39.0 Å². The van der Waals surface area contributed by atoms with E-state index in [1.165, 1.54) is 7.11 Å². The number of amides is 3. The summed E-state index contributed by atoms with van der Waals surface area (Å²) in [6, 6.07) is -1.33. The van der Waals surface area contributed by atoms with Gasteiger partial charge in [0.15, 0.2) is 0 Å². The van der Waals surface area contributed by atoms with Gasteiger partial charge < -0.3 is 39.6 Å². The Morgan fingerprint density at radius 2 is 1.36 bits per heavy atom. The smallest absolute Gasteiger partial charge is 0.407 e. The lowest BCUT2D eigenvalue weighted by Crippen LogP contribution is -2.47. The molecule has 12 heteroatoms. The van der Waals surface area contributed by atoms with Gasteiger partial charge in [-0.15, -0.1) is 0 Å². The van der Waals surface area contributed by atoms with Crippen LogP contribution in [0.4, 0.5) is 9.59 Å². The predicted molar refractivity (Wildman–Crippen MR) is 133 cm³/mol. The Kier molecular flexibility index (Phi) is 16.5. The summed E-state index contributed by atoms with van der Waals surface area (Å²) < 4.78 is 25.8. The topological polar surface area (TPSA) is 151 Å². The van der Waals surface area contributed by atoms with Crippen molar-refractivity contribution in [2.45, 2.75) is 84.5 Å². The minimum Gasteiger partial charge on any atom is -0.467 e. The first-order valence-electron chi connectivity index (χ1n) is 12.2. The Bertz CT molecular complexity index is 673. The SMILES string of the molecule is COC(=O)[C@H](CCCCNC(=O)OC(C)(C)C)NC(=O)NCCOCCOCCC(=O)OC(C)(C)C. The molecule has 0 aliphatic carbocycles. The molecule has 1 atom stereocenters. The Morgan fingerprint density at radius 1 is 0.750 bits per heavy atom. The van der Waals surface area contributed by atoms with Crippen LogP contribution >= 0.6 is 0 Å². The van der Waals surface area contributed by atoms with Crippen molar-refractivity contribution in [1.29, 1.82) is 0 Å². The van der Waals surface area contributed by atoms with E-state index in [2.05, 4.69) is 16.0 Å². The van der Waals surface area contributed by atoms with Crippen molar-refractivity contribution in [3.63, 3.8) is 0 Å². The average molecular weight is 520 g/mol. The maximum absolute atomic E-state index is 12.1. The standard InChI is InChI=1S/C24H45N3O9/c1-23(2,3)35-19(28)11-14-33-16-17-34-15-13-25-21(30)27-18(20(29)32-7)10-8-9-12-26-22(31)36-24(4,5)6/h18H,8-17H2,1-7H3,(H,26,31)(H2,25,27,30)/t18-/m0/s1. The van der Waals surface area contributed by atoms with Crippen LogP contribution in [0.5, 0.6) is 0 Å². The highest BCUT2D eigenvalue weighted by Crippen LogP contribution is 2.08. The van der Waals surface area contributed by atoms with Gasteiger partial charge in [-0.3, -0.25) is 4.79 Å². The number of esters is 2. The van der Waals surface area contributed by atoms with Crippen molar-refractivity contribution in [2.24, 2.45) is 0 Å². The largest absolute Gasteiger partial charge is 0.467 e. The molecular weight excluding hydrogens is 474 g/mol. The van der Waals surface area contributed by atoms with Crippen LogP contribution in [0.1, 0.15) is 67.2 Å². The number of ether oxygens (including phenoxy) is 5. The highest BCUT2D eigenvalue weighted by atomic mass is 16.6. The van der Waals surface area contributed by atoms with E-state index in [4.69, 9.17) is 23.7 Å². The maximum Gasteiger partial charge on any atom is 0.407 e. The van der Waals surface area contributed by atoms with Gasteiger partial charge >= 0.3 is 24.1 Å². The van der Waals surface area contributed by atoms with Crippen LogP contribution in [-0.2, 0) is 33.3 Å². The molecule has 0 radical (unpaired) electrons.